The Bertz CT molecular complexity index is 1040. The van der Waals surface area contributed by atoms with Gasteiger partial charge in [-0.05, 0) is 6.07 Å². The van der Waals surface area contributed by atoms with Gasteiger partial charge in [-0.25, -0.2) is 0 Å². The molecule has 1 N–H and O–H groups in total. The number of benzene rings is 2. The Labute approximate surface area is 215 Å². The molecular formula is C26H33NaO5S. The first-order chi connectivity index (χ1) is 15.8. The van der Waals surface area contributed by atoms with E-state index in [1.54, 1.807) is 12.1 Å². The molecule has 0 aromatic heterocycles. The van der Waals surface area contributed by atoms with Crippen molar-refractivity contribution in [2.75, 3.05) is 0 Å². The smallest absolute Gasteiger partial charge is 0.289 e. The summed E-state index contributed by atoms with van der Waals surface area (Å²) in [6, 6.07) is 9.99. The monoisotopic (exact) mass is 480 g/mol. The predicted molar refractivity (Wildman–Crippen MR) is 132 cm³/mol. The summed E-state index contributed by atoms with van der Waals surface area (Å²) in [4.78, 5) is 24.2. The standard InChI is InChI=1S/C14H8O5S.C12H25.Na/c15-13-8-4-1-2-5-9(8)14(16)12-10(13)6-3-7-11(12)20(17,18)19;1-3-5-7-9-11-12-10-8-6-4-2;/h1-7H,(H,17,18,19);1,3-12H2,2H3;. The van der Waals surface area contributed by atoms with Gasteiger partial charge in [0.1, 0.15) is 4.90 Å². The van der Waals surface area contributed by atoms with Crippen molar-refractivity contribution in [1.82, 2.24) is 0 Å². The molecule has 7 heteroatoms. The molecule has 174 valence electrons. The zero-order valence-electron chi connectivity index (χ0n) is 19.8. The molecule has 2 aromatic carbocycles. The first-order valence-electron chi connectivity index (χ1n) is 12.1. The molecule has 0 saturated carbocycles. The van der Waals surface area contributed by atoms with Crippen molar-refractivity contribution in [1.29, 1.82) is 0 Å². The van der Waals surface area contributed by atoms with Crippen molar-refractivity contribution in [2.24, 2.45) is 0 Å². The number of carbonyl (C=O) groups excluding carboxylic acids is 2. The van der Waals surface area contributed by atoms with Crippen molar-refractivity contribution in [2.45, 2.75) is 79.7 Å². The Morgan fingerprint density at radius 3 is 1.70 bits per heavy atom. The summed E-state index contributed by atoms with van der Waals surface area (Å²) >= 11 is 1.41. The van der Waals surface area contributed by atoms with Crippen LogP contribution in [-0.2, 0) is 10.1 Å². The molecule has 5 nitrogen and oxygen atoms in total. The Morgan fingerprint density at radius 1 is 0.697 bits per heavy atom. The number of unbranched alkanes of at least 4 members (excludes halogenated alkanes) is 9. The first-order valence-corrected chi connectivity index (χ1v) is 15.0. The maximum Gasteiger partial charge on any atom is 0.295 e. The average Bonchev–Trinajstić information content (AvgIpc) is 2.81. The number of rotatable bonds is 11. The Kier molecular flexibility index (Phi) is 12.0. The van der Waals surface area contributed by atoms with Crippen LogP contribution in [0.3, 0.4) is 0 Å². The van der Waals surface area contributed by atoms with Crippen LogP contribution in [0.1, 0.15) is 103 Å². The number of hydrogen-bond donors (Lipinski definition) is 1. The van der Waals surface area contributed by atoms with E-state index in [0.29, 0.717) is 0 Å². The van der Waals surface area contributed by atoms with Gasteiger partial charge in [0.15, 0.2) is 11.6 Å². The zero-order valence-corrected chi connectivity index (χ0v) is 22.6. The molecule has 0 atom stereocenters. The van der Waals surface area contributed by atoms with Crippen molar-refractivity contribution >= 4 is 49.6 Å². The second kappa shape index (κ2) is 14.2. The van der Waals surface area contributed by atoms with Crippen molar-refractivity contribution in [3.05, 3.63) is 64.7 Å². The van der Waals surface area contributed by atoms with Crippen molar-refractivity contribution in [3.63, 3.8) is 0 Å². The van der Waals surface area contributed by atoms with Crippen LogP contribution >= 0.6 is 0 Å². The van der Waals surface area contributed by atoms with Crippen LogP contribution in [-0.4, -0.2) is 52.5 Å². The number of fused-ring (bicyclic) bond motifs is 2. The molecular weight excluding hydrogens is 447 g/mol. The van der Waals surface area contributed by atoms with Crippen LogP contribution in [0.5, 0.6) is 0 Å². The molecule has 0 amide bonds. The first kappa shape index (κ1) is 27.9. The number of carbonyl (C=O) groups is 2. The Hall–Kier alpha value is -1.31. The summed E-state index contributed by atoms with van der Waals surface area (Å²) in [6.45, 7) is 2.29. The quantitative estimate of drug-likeness (QED) is 0.200. The maximum atomic E-state index is 12.4. The molecule has 0 fully saturated rings. The molecule has 0 radical (unpaired) electrons. The van der Waals surface area contributed by atoms with Crippen LogP contribution in [0.15, 0.2) is 47.4 Å². The van der Waals surface area contributed by atoms with Gasteiger partial charge in [-0.15, -0.1) is 0 Å². The summed E-state index contributed by atoms with van der Waals surface area (Å²) in [6.07, 6.45) is 14.7. The molecule has 0 heterocycles. The molecule has 0 spiro atoms. The largest absolute Gasteiger partial charge is 0.295 e. The third-order valence-electron chi connectivity index (χ3n) is 5.90. The minimum Gasteiger partial charge on any atom is -0.289 e. The number of hydrogen-bond acceptors (Lipinski definition) is 4. The molecule has 33 heavy (non-hydrogen) atoms. The van der Waals surface area contributed by atoms with E-state index in [1.165, 1.54) is 120 Å². The van der Waals surface area contributed by atoms with Crippen molar-refractivity contribution < 1.29 is 22.6 Å². The molecule has 1 aliphatic rings. The van der Waals surface area contributed by atoms with E-state index in [2.05, 4.69) is 6.92 Å². The fourth-order valence-electron chi connectivity index (χ4n) is 4.07. The molecule has 3 rings (SSSR count). The molecule has 0 saturated heterocycles. The van der Waals surface area contributed by atoms with Gasteiger partial charge in [0.2, 0.25) is 0 Å². The van der Waals surface area contributed by atoms with E-state index in [9.17, 15) is 22.6 Å². The predicted octanol–water partition coefficient (Wildman–Crippen LogP) is 6.20. The van der Waals surface area contributed by atoms with Crippen LogP contribution in [0, 0.1) is 0 Å². The summed E-state index contributed by atoms with van der Waals surface area (Å²) in [5.41, 5.74) is 0.0983. The summed E-state index contributed by atoms with van der Waals surface area (Å²) in [7, 11) is -4.58. The van der Waals surface area contributed by atoms with E-state index in [0.717, 1.165) is 6.07 Å². The normalized spacial score (nSPS) is 12.6. The molecule has 0 unspecified atom stereocenters. The van der Waals surface area contributed by atoms with Gasteiger partial charge in [0.05, 0.1) is 5.56 Å². The Balaban J connectivity index is 0.000000260. The average molecular weight is 481 g/mol. The van der Waals surface area contributed by atoms with Gasteiger partial charge in [0.25, 0.3) is 10.1 Å². The molecule has 1 aliphatic carbocycles. The second-order valence-electron chi connectivity index (χ2n) is 8.54. The van der Waals surface area contributed by atoms with Crippen LogP contribution in [0.4, 0.5) is 0 Å². The fourth-order valence-corrected chi connectivity index (χ4v) is 5.28. The fraction of sp³-hybridized carbons (Fsp3) is 0.462. The van der Waals surface area contributed by atoms with E-state index in [-0.39, 0.29) is 22.3 Å². The van der Waals surface area contributed by atoms with Gasteiger partial charge in [-0.1, -0.05) is 36.4 Å². The zero-order chi connectivity index (χ0) is 24.3. The van der Waals surface area contributed by atoms with E-state index >= 15 is 0 Å². The van der Waals surface area contributed by atoms with Crippen LogP contribution in [0.25, 0.3) is 0 Å². The third-order valence-corrected chi connectivity index (χ3v) is 7.50. The van der Waals surface area contributed by atoms with E-state index < -0.39 is 26.6 Å². The summed E-state index contributed by atoms with van der Waals surface area (Å²) in [5, 5.41) is 0. The van der Waals surface area contributed by atoms with Gasteiger partial charge >= 0.3 is 103 Å². The minimum absolute atomic E-state index is 0.0103. The van der Waals surface area contributed by atoms with Crippen LogP contribution < -0.4 is 0 Å². The van der Waals surface area contributed by atoms with E-state index in [4.69, 9.17) is 0 Å². The summed E-state index contributed by atoms with van der Waals surface area (Å²) in [5.74, 6) is -1.01. The Morgan fingerprint density at radius 2 is 1.18 bits per heavy atom. The van der Waals surface area contributed by atoms with Gasteiger partial charge in [-0.2, -0.15) is 8.42 Å². The maximum absolute atomic E-state index is 12.4. The summed E-state index contributed by atoms with van der Waals surface area (Å²) < 4.78 is 33.4. The van der Waals surface area contributed by atoms with Gasteiger partial charge in [0, 0.05) is 16.7 Å². The topological polar surface area (TPSA) is 88.5 Å². The molecule has 0 aliphatic heterocycles. The second-order valence-corrected chi connectivity index (χ2v) is 10.9. The van der Waals surface area contributed by atoms with Gasteiger partial charge < -0.3 is 0 Å². The molecule has 0 bridgehead atoms. The van der Waals surface area contributed by atoms with Crippen LogP contribution in [0.2, 0.25) is 3.67 Å². The van der Waals surface area contributed by atoms with Gasteiger partial charge in [-0.3, -0.25) is 14.1 Å². The number of ketones is 2. The van der Waals surface area contributed by atoms with E-state index in [1.807, 2.05) is 0 Å². The SMILES string of the molecule is CCCCCCCCCCC[CH2][Na].O=C1c2ccccc2C(=O)c2c1cccc2S(=O)(=O)O. The molecule has 2 aromatic rings. The minimum atomic E-state index is -4.58. The van der Waals surface area contributed by atoms with Crippen molar-refractivity contribution in [3.8, 4) is 0 Å². The third kappa shape index (κ3) is 8.15.